The van der Waals surface area contributed by atoms with Gasteiger partial charge in [0.2, 0.25) is 0 Å². The maximum Gasteiger partial charge on any atom is 0.123 e. The van der Waals surface area contributed by atoms with Crippen LogP contribution in [0.4, 0.5) is 0 Å². The highest BCUT2D eigenvalue weighted by Gasteiger charge is 2.09. The van der Waals surface area contributed by atoms with Crippen LogP contribution in [0.1, 0.15) is 18.4 Å². The first kappa shape index (κ1) is 11.3. The number of hydrogen-bond acceptors (Lipinski definition) is 1. The van der Waals surface area contributed by atoms with E-state index in [1.807, 2.05) is 6.07 Å². The molecule has 0 saturated heterocycles. The van der Waals surface area contributed by atoms with Crippen molar-refractivity contribution < 1.29 is 4.74 Å². The van der Waals surface area contributed by atoms with E-state index in [1.165, 1.54) is 5.56 Å². The van der Waals surface area contributed by atoms with E-state index in [-0.39, 0.29) is 0 Å². The van der Waals surface area contributed by atoms with E-state index in [0.717, 1.165) is 14.6 Å². The van der Waals surface area contributed by atoms with Gasteiger partial charge in [0, 0.05) is 8.90 Å². The highest BCUT2D eigenvalue weighted by atomic mass is 127. The Morgan fingerprint density at radius 1 is 1.54 bits per heavy atom. The van der Waals surface area contributed by atoms with E-state index in [0.29, 0.717) is 5.92 Å². The summed E-state index contributed by atoms with van der Waals surface area (Å²) in [6, 6.07) is 6.19. The zero-order valence-electron chi connectivity index (χ0n) is 7.68. The minimum Gasteiger partial charge on any atom is -0.496 e. The third-order valence-electron chi connectivity index (χ3n) is 1.96. The molecule has 1 aromatic rings. The highest BCUT2D eigenvalue weighted by molar-refractivity contribution is 14.1. The second-order valence-electron chi connectivity index (χ2n) is 2.94. The lowest BCUT2D eigenvalue weighted by Gasteiger charge is -2.13. The topological polar surface area (TPSA) is 9.23 Å². The molecule has 1 rings (SSSR count). The Bertz CT molecular complexity index is 288. The number of rotatable bonds is 3. The van der Waals surface area contributed by atoms with Crippen molar-refractivity contribution in [3.63, 3.8) is 0 Å². The summed E-state index contributed by atoms with van der Waals surface area (Å²) < 4.78 is 7.49. The molecule has 0 amide bonds. The van der Waals surface area contributed by atoms with Crippen LogP contribution in [0.25, 0.3) is 0 Å². The summed E-state index contributed by atoms with van der Waals surface area (Å²) in [5, 5.41) is 0. The fourth-order valence-corrected chi connectivity index (χ4v) is 1.99. The first-order chi connectivity index (χ1) is 6.19. The molecule has 0 bridgehead atoms. The molecule has 0 aliphatic heterocycles. The lowest BCUT2D eigenvalue weighted by Crippen LogP contribution is -1.98. The molecule has 0 radical (unpaired) electrons. The van der Waals surface area contributed by atoms with Crippen molar-refractivity contribution in [1.29, 1.82) is 0 Å². The summed E-state index contributed by atoms with van der Waals surface area (Å²) in [4.78, 5) is 0. The van der Waals surface area contributed by atoms with Crippen molar-refractivity contribution in [3.8, 4) is 5.75 Å². The maximum absolute atomic E-state index is 5.32. The maximum atomic E-state index is 5.32. The van der Waals surface area contributed by atoms with Gasteiger partial charge in [-0.1, -0.05) is 51.5 Å². The molecule has 0 aliphatic carbocycles. The molecule has 0 fully saturated rings. The predicted octanol–water partition coefficient (Wildman–Crippen LogP) is 4.00. The monoisotopic (exact) mass is 354 g/mol. The third kappa shape index (κ3) is 2.84. The average Bonchev–Trinajstić information content (AvgIpc) is 2.16. The Hall–Kier alpha value is 0.230. The van der Waals surface area contributed by atoms with E-state index in [4.69, 9.17) is 4.74 Å². The van der Waals surface area contributed by atoms with Gasteiger partial charge in [-0.25, -0.2) is 0 Å². The van der Waals surface area contributed by atoms with E-state index < -0.39 is 0 Å². The predicted molar refractivity (Wildman–Crippen MR) is 68.0 cm³/mol. The van der Waals surface area contributed by atoms with E-state index >= 15 is 0 Å². The summed E-state index contributed by atoms with van der Waals surface area (Å²) in [5.41, 5.74) is 1.28. The number of hydrogen-bond donors (Lipinski definition) is 0. The molecule has 1 aromatic carbocycles. The van der Waals surface area contributed by atoms with Crippen LogP contribution in [0, 0.1) is 0 Å². The van der Waals surface area contributed by atoms with Crippen molar-refractivity contribution in [1.82, 2.24) is 0 Å². The van der Waals surface area contributed by atoms with Crippen LogP contribution in [-0.2, 0) is 0 Å². The summed E-state index contributed by atoms with van der Waals surface area (Å²) in [6.45, 7) is 2.21. The van der Waals surface area contributed by atoms with Crippen LogP contribution in [0.5, 0.6) is 5.75 Å². The van der Waals surface area contributed by atoms with Crippen molar-refractivity contribution in [2.45, 2.75) is 12.8 Å². The zero-order valence-corrected chi connectivity index (χ0v) is 11.4. The molecule has 0 aromatic heterocycles. The van der Waals surface area contributed by atoms with E-state index in [9.17, 15) is 0 Å². The Kier molecular flexibility index (Phi) is 4.52. The molecule has 0 aliphatic rings. The number of ether oxygens (including phenoxy) is 1. The van der Waals surface area contributed by atoms with Gasteiger partial charge in [0.1, 0.15) is 5.75 Å². The second kappa shape index (κ2) is 5.20. The Labute approximate surface area is 101 Å². The fraction of sp³-hybridized carbons (Fsp3) is 0.400. The van der Waals surface area contributed by atoms with Crippen LogP contribution < -0.4 is 4.74 Å². The first-order valence-electron chi connectivity index (χ1n) is 4.08. The molecule has 0 saturated carbocycles. The molecule has 1 atom stereocenters. The van der Waals surface area contributed by atoms with E-state index in [2.05, 4.69) is 57.6 Å². The Balaban J connectivity index is 3.05. The average molecular weight is 355 g/mol. The van der Waals surface area contributed by atoms with Crippen molar-refractivity contribution >= 4 is 38.5 Å². The largest absolute Gasteiger partial charge is 0.496 e. The van der Waals surface area contributed by atoms with Gasteiger partial charge in [0.05, 0.1) is 7.11 Å². The minimum atomic E-state index is 0.545. The van der Waals surface area contributed by atoms with Crippen molar-refractivity contribution in [3.05, 3.63) is 28.2 Å². The fourth-order valence-electron chi connectivity index (χ4n) is 1.18. The molecule has 0 heterocycles. The highest BCUT2D eigenvalue weighted by Crippen LogP contribution is 2.30. The van der Waals surface area contributed by atoms with Crippen molar-refractivity contribution in [2.75, 3.05) is 11.5 Å². The van der Waals surface area contributed by atoms with Gasteiger partial charge in [-0.3, -0.25) is 0 Å². The van der Waals surface area contributed by atoms with Gasteiger partial charge in [-0.05, 0) is 23.6 Å². The summed E-state index contributed by atoms with van der Waals surface area (Å²) >= 11 is 5.82. The lowest BCUT2D eigenvalue weighted by atomic mass is 10.0. The smallest absolute Gasteiger partial charge is 0.123 e. The molecular weight excluding hydrogens is 343 g/mol. The third-order valence-corrected chi connectivity index (χ3v) is 3.77. The van der Waals surface area contributed by atoms with Gasteiger partial charge >= 0.3 is 0 Å². The van der Waals surface area contributed by atoms with Gasteiger partial charge in [-0.2, -0.15) is 0 Å². The number of benzene rings is 1. The minimum absolute atomic E-state index is 0.545. The SMILES string of the molecule is COc1cc(Br)ccc1[C@@H](C)CI. The zero-order chi connectivity index (χ0) is 9.84. The van der Waals surface area contributed by atoms with Crippen LogP contribution in [-0.4, -0.2) is 11.5 Å². The molecule has 72 valence electrons. The summed E-state index contributed by atoms with van der Waals surface area (Å²) in [5.74, 6) is 1.52. The summed E-state index contributed by atoms with van der Waals surface area (Å²) in [6.07, 6.45) is 0. The Morgan fingerprint density at radius 2 is 2.23 bits per heavy atom. The molecule has 0 N–H and O–H groups in total. The molecule has 0 spiro atoms. The standard InChI is InChI=1S/C10H12BrIO/c1-7(6-12)9-4-3-8(11)5-10(9)13-2/h3-5,7H,6H2,1-2H3/t7-/m0/s1. The molecule has 13 heavy (non-hydrogen) atoms. The van der Waals surface area contributed by atoms with Crippen LogP contribution in [0.2, 0.25) is 0 Å². The molecular formula is C10H12BrIO. The van der Waals surface area contributed by atoms with Gasteiger partial charge in [-0.15, -0.1) is 0 Å². The quantitative estimate of drug-likeness (QED) is 0.589. The lowest BCUT2D eigenvalue weighted by molar-refractivity contribution is 0.407. The van der Waals surface area contributed by atoms with Gasteiger partial charge < -0.3 is 4.74 Å². The number of methoxy groups -OCH3 is 1. The van der Waals surface area contributed by atoms with E-state index in [1.54, 1.807) is 7.11 Å². The number of halogens is 2. The summed E-state index contributed by atoms with van der Waals surface area (Å²) in [7, 11) is 1.71. The van der Waals surface area contributed by atoms with Crippen LogP contribution in [0.15, 0.2) is 22.7 Å². The first-order valence-corrected chi connectivity index (χ1v) is 6.40. The van der Waals surface area contributed by atoms with Crippen LogP contribution >= 0.6 is 38.5 Å². The van der Waals surface area contributed by atoms with Crippen LogP contribution in [0.3, 0.4) is 0 Å². The van der Waals surface area contributed by atoms with Crippen molar-refractivity contribution in [2.24, 2.45) is 0 Å². The molecule has 0 unspecified atom stereocenters. The van der Waals surface area contributed by atoms with Gasteiger partial charge in [0.25, 0.3) is 0 Å². The molecule has 3 heteroatoms. The normalized spacial score (nSPS) is 12.6. The second-order valence-corrected chi connectivity index (χ2v) is 4.74. The molecule has 1 nitrogen and oxygen atoms in total. The number of alkyl halides is 1. The Morgan fingerprint density at radius 3 is 2.77 bits per heavy atom. The van der Waals surface area contributed by atoms with Gasteiger partial charge in [0.15, 0.2) is 0 Å².